The van der Waals surface area contributed by atoms with Crippen molar-refractivity contribution in [2.75, 3.05) is 5.75 Å². The Balaban J connectivity index is 1.27. The van der Waals surface area contributed by atoms with Crippen LogP contribution in [0.2, 0.25) is 0 Å². The van der Waals surface area contributed by atoms with E-state index in [4.69, 9.17) is 0 Å². The number of aryl methyl sites for hydroxylation is 2. The van der Waals surface area contributed by atoms with Gasteiger partial charge < -0.3 is 0 Å². The van der Waals surface area contributed by atoms with Gasteiger partial charge in [-0.2, -0.15) is 0 Å². The molecule has 0 spiro atoms. The Morgan fingerprint density at radius 1 is 0.944 bits per heavy atom. The fourth-order valence-electron chi connectivity index (χ4n) is 7.41. The standard InChI is InChI=1S/C31H37N3OS/c1-3-4-5-22-8-12-27(13-9-22)34-29(26-10-6-21(2)7-11-26)32-33-30(34)36-20-28(35)31-17-23-14-24(18-31)16-25(15-23)19-31/h6-13,23-25H,3-5,14-20H2,1-2H3. The molecule has 0 amide bonds. The Hall–Kier alpha value is -2.40. The average Bonchev–Trinajstić information content (AvgIpc) is 3.30. The zero-order chi connectivity index (χ0) is 24.7. The van der Waals surface area contributed by atoms with Gasteiger partial charge in [-0.1, -0.05) is 67.1 Å². The van der Waals surface area contributed by atoms with Crippen LogP contribution >= 0.6 is 11.8 Å². The summed E-state index contributed by atoms with van der Waals surface area (Å²) in [7, 11) is 0. The van der Waals surface area contributed by atoms with Crippen molar-refractivity contribution in [3.05, 3.63) is 59.7 Å². The van der Waals surface area contributed by atoms with Gasteiger partial charge in [0.1, 0.15) is 5.78 Å². The van der Waals surface area contributed by atoms with Gasteiger partial charge in [0.2, 0.25) is 0 Å². The van der Waals surface area contributed by atoms with Gasteiger partial charge in [0.25, 0.3) is 0 Å². The molecule has 4 saturated carbocycles. The van der Waals surface area contributed by atoms with Crippen LogP contribution in [-0.4, -0.2) is 26.3 Å². The van der Waals surface area contributed by atoms with E-state index in [1.54, 1.807) is 11.8 Å². The van der Waals surface area contributed by atoms with Crippen molar-refractivity contribution in [1.29, 1.82) is 0 Å². The van der Waals surface area contributed by atoms with Crippen LogP contribution in [0.15, 0.2) is 53.7 Å². The van der Waals surface area contributed by atoms with Crippen molar-refractivity contribution in [2.45, 2.75) is 76.8 Å². The van der Waals surface area contributed by atoms with Gasteiger partial charge in [0.15, 0.2) is 11.0 Å². The lowest BCUT2D eigenvalue weighted by molar-refractivity contribution is -0.141. The maximum absolute atomic E-state index is 13.7. The van der Waals surface area contributed by atoms with Crippen LogP contribution in [-0.2, 0) is 11.2 Å². The molecule has 188 valence electrons. The van der Waals surface area contributed by atoms with E-state index in [1.807, 2.05) is 0 Å². The van der Waals surface area contributed by atoms with E-state index in [-0.39, 0.29) is 5.41 Å². The van der Waals surface area contributed by atoms with E-state index in [1.165, 1.54) is 43.2 Å². The van der Waals surface area contributed by atoms with Crippen LogP contribution in [0.4, 0.5) is 0 Å². The van der Waals surface area contributed by atoms with Crippen molar-refractivity contribution in [1.82, 2.24) is 14.8 Å². The molecule has 2 aromatic carbocycles. The number of benzene rings is 2. The molecule has 1 heterocycles. The SMILES string of the molecule is CCCCc1ccc(-n2c(SCC(=O)C34CC5CC(CC(C5)C3)C4)nnc2-c2ccc(C)cc2)cc1. The quantitative estimate of drug-likeness (QED) is 0.287. The molecule has 0 saturated heterocycles. The Morgan fingerprint density at radius 2 is 1.58 bits per heavy atom. The average molecular weight is 500 g/mol. The van der Waals surface area contributed by atoms with Crippen LogP contribution in [0, 0.1) is 30.1 Å². The summed E-state index contributed by atoms with van der Waals surface area (Å²) in [5.74, 6) is 4.14. The number of ketones is 1. The molecule has 0 radical (unpaired) electrons. The van der Waals surface area contributed by atoms with Gasteiger partial charge in [-0.15, -0.1) is 10.2 Å². The third-order valence-electron chi connectivity index (χ3n) is 8.92. The first kappa shape index (κ1) is 24.0. The molecule has 0 aliphatic heterocycles. The van der Waals surface area contributed by atoms with Crippen LogP contribution in [0.1, 0.15) is 69.4 Å². The number of nitrogens with zero attached hydrogens (tertiary/aromatic N) is 3. The Morgan fingerprint density at radius 3 is 2.19 bits per heavy atom. The third kappa shape index (κ3) is 4.55. The smallest absolute Gasteiger partial charge is 0.196 e. The van der Waals surface area contributed by atoms with Crippen LogP contribution in [0.3, 0.4) is 0 Å². The number of hydrogen-bond acceptors (Lipinski definition) is 4. The molecule has 1 aromatic heterocycles. The maximum atomic E-state index is 13.7. The number of hydrogen-bond donors (Lipinski definition) is 0. The number of Topliss-reactive ketones (excluding diaryl/α,β-unsaturated/α-hetero) is 1. The highest BCUT2D eigenvalue weighted by atomic mass is 32.2. The Labute approximate surface area is 219 Å². The lowest BCUT2D eigenvalue weighted by Gasteiger charge is -2.56. The molecule has 3 aromatic rings. The monoisotopic (exact) mass is 499 g/mol. The van der Waals surface area contributed by atoms with Gasteiger partial charge in [-0.05, 0) is 93.7 Å². The summed E-state index contributed by atoms with van der Waals surface area (Å²) in [6, 6.07) is 17.3. The number of aromatic nitrogens is 3. The highest BCUT2D eigenvalue weighted by Gasteiger charge is 2.54. The van der Waals surface area contributed by atoms with Crippen molar-refractivity contribution in [2.24, 2.45) is 23.2 Å². The topological polar surface area (TPSA) is 47.8 Å². The predicted molar refractivity (Wildman–Crippen MR) is 146 cm³/mol. The second kappa shape index (κ2) is 9.81. The number of rotatable bonds is 9. The van der Waals surface area contributed by atoms with Gasteiger partial charge in [-0.3, -0.25) is 9.36 Å². The summed E-state index contributed by atoms with van der Waals surface area (Å²) in [6.07, 6.45) is 11.0. The van der Waals surface area contributed by atoms with E-state index >= 15 is 0 Å². The molecule has 4 nitrogen and oxygen atoms in total. The first-order valence-corrected chi connectivity index (χ1v) is 14.8. The molecular weight excluding hydrogens is 462 g/mol. The van der Waals surface area contributed by atoms with E-state index < -0.39 is 0 Å². The summed E-state index contributed by atoms with van der Waals surface area (Å²) in [6.45, 7) is 4.33. The second-order valence-electron chi connectivity index (χ2n) is 11.7. The van der Waals surface area contributed by atoms with Gasteiger partial charge in [0, 0.05) is 16.7 Å². The summed E-state index contributed by atoms with van der Waals surface area (Å²) in [5.41, 5.74) is 4.62. The highest BCUT2D eigenvalue weighted by Crippen LogP contribution is 2.60. The molecule has 0 atom stereocenters. The highest BCUT2D eigenvalue weighted by molar-refractivity contribution is 7.99. The predicted octanol–water partition coefficient (Wildman–Crippen LogP) is 7.46. The summed E-state index contributed by atoms with van der Waals surface area (Å²) in [4.78, 5) is 13.7. The van der Waals surface area contributed by atoms with Crippen LogP contribution in [0.25, 0.3) is 17.1 Å². The molecule has 36 heavy (non-hydrogen) atoms. The van der Waals surface area contributed by atoms with E-state index in [9.17, 15) is 4.79 Å². The molecule has 5 heteroatoms. The molecule has 0 N–H and O–H groups in total. The second-order valence-corrected chi connectivity index (χ2v) is 12.6. The van der Waals surface area contributed by atoms with Crippen molar-refractivity contribution >= 4 is 17.5 Å². The minimum Gasteiger partial charge on any atom is -0.298 e. The first-order chi connectivity index (χ1) is 17.5. The van der Waals surface area contributed by atoms with E-state index in [0.29, 0.717) is 11.5 Å². The number of carbonyl (C=O) groups excluding carboxylic acids is 1. The van der Waals surface area contributed by atoms with Crippen LogP contribution in [0.5, 0.6) is 0 Å². The van der Waals surface area contributed by atoms with Crippen molar-refractivity contribution in [3.63, 3.8) is 0 Å². The lowest BCUT2D eigenvalue weighted by atomic mass is 9.48. The molecule has 0 unspecified atom stereocenters. The fourth-order valence-corrected chi connectivity index (χ4v) is 8.40. The minimum absolute atomic E-state index is 0.0622. The van der Waals surface area contributed by atoms with Crippen molar-refractivity contribution < 1.29 is 4.79 Å². The number of thioether (sulfide) groups is 1. The number of unbranched alkanes of at least 4 members (excludes halogenated alkanes) is 1. The molecular formula is C31H37N3OS. The van der Waals surface area contributed by atoms with E-state index in [0.717, 1.165) is 65.7 Å². The number of carbonyl (C=O) groups is 1. The zero-order valence-electron chi connectivity index (χ0n) is 21.6. The Bertz CT molecular complexity index is 1190. The minimum atomic E-state index is -0.0622. The summed E-state index contributed by atoms with van der Waals surface area (Å²) >= 11 is 1.58. The zero-order valence-corrected chi connectivity index (χ0v) is 22.4. The van der Waals surface area contributed by atoms with E-state index in [2.05, 4.69) is 77.1 Å². The summed E-state index contributed by atoms with van der Waals surface area (Å²) < 4.78 is 2.14. The van der Waals surface area contributed by atoms with Gasteiger partial charge >= 0.3 is 0 Å². The Kier molecular flexibility index (Phi) is 6.53. The molecule has 7 rings (SSSR count). The molecule has 4 aliphatic carbocycles. The van der Waals surface area contributed by atoms with Gasteiger partial charge in [-0.25, -0.2) is 0 Å². The lowest BCUT2D eigenvalue weighted by Crippen LogP contribution is -2.50. The fraction of sp³-hybridized carbons (Fsp3) is 0.516. The summed E-state index contributed by atoms with van der Waals surface area (Å²) in [5, 5.41) is 10.0. The normalized spacial score (nSPS) is 26.4. The first-order valence-electron chi connectivity index (χ1n) is 13.8. The molecule has 4 bridgehead atoms. The largest absolute Gasteiger partial charge is 0.298 e. The maximum Gasteiger partial charge on any atom is 0.196 e. The molecule has 4 aliphatic rings. The van der Waals surface area contributed by atoms with Crippen molar-refractivity contribution in [3.8, 4) is 17.1 Å². The van der Waals surface area contributed by atoms with Gasteiger partial charge in [0.05, 0.1) is 5.75 Å². The molecule has 4 fully saturated rings. The third-order valence-corrected chi connectivity index (χ3v) is 9.85. The van der Waals surface area contributed by atoms with Crippen LogP contribution < -0.4 is 0 Å².